The topological polar surface area (TPSA) is 43.8 Å². The molecule has 1 aliphatic rings. The maximum absolute atomic E-state index is 11.7. The van der Waals surface area contributed by atoms with Gasteiger partial charge in [-0.1, -0.05) is 29.3 Å². The number of carboxylic acid groups (broad SMARTS) is 1. The van der Waals surface area contributed by atoms with Crippen LogP contribution in [0.3, 0.4) is 0 Å². The van der Waals surface area contributed by atoms with Gasteiger partial charge in [0.15, 0.2) is 0 Å². The third-order valence-corrected chi connectivity index (χ3v) is 4.52. The van der Waals surface area contributed by atoms with E-state index in [1.807, 2.05) is 11.9 Å². The van der Waals surface area contributed by atoms with Crippen molar-refractivity contribution in [3.63, 3.8) is 0 Å². The van der Waals surface area contributed by atoms with Gasteiger partial charge in [0.25, 0.3) is 0 Å². The molecular formula is C14H18Cl2N2O2. The standard InChI is InChI=1S/C14H18Cl2N2O2/c1-9-8-18(7-6-17(9)2)13(14(19)20)12-10(15)4-3-5-11(12)16/h3-5,9,13H,6-8H2,1-2H3,(H,19,20). The van der Waals surface area contributed by atoms with Gasteiger partial charge in [-0.25, -0.2) is 0 Å². The number of nitrogens with zero attached hydrogens (tertiary/aromatic N) is 2. The van der Waals surface area contributed by atoms with Gasteiger partial charge in [0.05, 0.1) is 0 Å². The molecule has 1 N–H and O–H groups in total. The molecule has 20 heavy (non-hydrogen) atoms. The molecule has 1 aromatic rings. The van der Waals surface area contributed by atoms with Gasteiger partial charge >= 0.3 is 5.97 Å². The summed E-state index contributed by atoms with van der Waals surface area (Å²) in [4.78, 5) is 15.9. The van der Waals surface area contributed by atoms with Crippen molar-refractivity contribution in [3.8, 4) is 0 Å². The number of hydrogen-bond acceptors (Lipinski definition) is 3. The summed E-state index contributed by atoms with van der Waals surface area (Å²) in [5.74, 6) is -0.920. The van der Waals surface area contributed by atoms with E-state index in [4.69, 9.17) is 23.2 Å². The molecule has 110 valence electrons. The minimum absolute atomic E-state index is 0.298. The van der Waals surface area contributed by atoms with Crippen LogP contribution in [0.5, 0.6) is 0 Å². The summed E-state index contributed by atoms with van der Waals surface area (Å²) in [6, 6.07) is 4.58. The highest BCUT2D eigenvalue weighted by molar-refractivity contribution is 6.36. The SMILES string of the molecule is CC1CN(C(C(=O)O)c2c(Cl)cccc2Cl)CCN1C. The van der Waals surface area contributed by atoms with Crippen molar-refractivity contribution < 1.29 is 9.90 Å². The fourth-order valence-corrected chi connectivity index (χ4v) is 3.15. The Hall–Kier alpha value is -0.810. The highest BCUT2D eigenvalue weighted by atomic mass is 35.5. The van der Waals surface area contributed by atoms with Crippen molar-refractivity contribution in [1.29, 1.82) is 0 Å². The fourth-order valence-electron chi connectivity index (χ4n) is 2.55. The first-order valence-corrected chi connectivity index (χ1v) is 7.28. The predicted octanol–water partition coefficient (Wildman–Crippen LogP) is 2.76. The molecule has 2 atom stereocenters. The maximum Gasteiger partial charge on any atom is 0.325 e. The smallest absolute Gasteiger partial charge is 0.325 e. The van der Waals surface area contributed by atoms with Crippen LogP contribution in [0.1, 0.15) is 18.5 Å². The number of rotatable bonds is 3. The van der Waals surface area contributed by atoms with Crippen LogP contribution in [0.4, 0.5) is 0 Å². The van der Waals surface area contributed by atoms with E-state index in [1.165, 1.54) is 0 Å². The van der Waals surface area contributed by atoms with Crippen LogP contribution >= 0.6 is 23.2 Å². The molecule has 1 aliphatic heterocycles. The number of halogens is 2. The number of carbonyl (C=O) groups is 1. The molecule has 0 aliphatic carbocycles. The van der Waals surface area contributed by atoms with Crippen molar-refractivity contribution in [3.05, 3.63) is 33.8 Å². The first kappa shape index (κ1) is 15.6. The molecule has 0 aromatic heterocycles. The second-order valence-electron chi connectivity index (χ2n) is 5.20. The highest BCUT2D eigenvalue weighted by Crippen LogP contribution is 2.34. The summed E-state index contributed by atoms with van der Waals surface area (Å²) in [5, 5.41) is 10.4. The molecule has 4 nitrogen and oxygen atoms in total. The van der Waals surface area contributed by atoms with E-state index < -0.39 is 12.0 Å². The van der Waals surface area contributed by atoms with Gasteiger partial charge in [-0.15, -0.1) is 0 Å². The normalized spacial score (nSPS) is 22.7. The lowest BCUT2D eigenvalue weighted by atomic mass is 10.0. The molecule has 1 fully saturated rings. The fraction of sp³-hybridized carbons (Fsp3) is 0.500. The Morgan fingerprint density at radius 3 is 2.45 bits per heavy atom. The number of likely N-dealkylation sites (N-methyl/N-ethyl adjacent to an activating group) is 1. The lowest BCUT2D eigenvalue weighted by Gasteiger charge is -2.40. The third-order valence-electron chi connectivity index (χ3n) is 3.86. The summed E-state index contributed by atoms with van der Waals surface area (Å²) in [6.07, 6.45) is 0. The Morgan fingerprint density at radius 2 is 1.95 bits per heavy atom. The van der Waals surface area contributed by atoms with Gasteiger partial charge in [0.1, 0.15) is 6.04 Å². The molecule has 0 amide bonds. The molecule has 1 aromatic carbocycles. The van der Waals surface area contributed by atoms with Crippen LogP contribution in [0.2, 0.25) is 10.0 Å². The summed E-state index contributed by atoms with van der Waals surface area (Å²) in [5.41, 5.74) is 0.486. The highest BCUT2D eigenvalue weighted by Gasteiger charge is 2.34. The van der Waals surface area contributed by atoms with E-state index >= 15 is 0 Å². The lowest BCUT2D eigenvalue weighted by Crippen LogP contribution is -2.52. The van der Waals surface area contributed by atoms with Crippen molar-refractivity contribution in [1.82, 2.24) is 9.80 Å². The van der Waals surface area contributed by atoms with E-state index in [-0.39, 0.29) is 0 Å². The largest absolute Gasteiger partial charge is 0.480 e. The molecule has 0 saturated carbocycles. The quantitative estimate of drug-likeness (QED) is 0.931. The molecule has 6 heteroatoms. The van der Waals surface area contributed by atoms with Gasteiger partial charge in [-0.2, -0.15) is 0 Å². The number of carboxylic acids is 1. The van der Waals surface area contributed by atoms with E-state index in [1.54, 1.807) is 18.2 Å². The van der Waals surface area contributed by atoms with Crippen LogP contribution < -0.4 is 0 Å². The molecule has 2 rings (SSSR count). The Balaban J connectivity index is 2.35. The van der Waals surface area contributed by atoms with Crippen LogP contribution in [-0.4, -0.2) is 53.6 Å². The summed E-state index contributed by atoms with van der Waals surface area (Å²) >= 11 is 12.3. The average Bonchev–Trinajstić information content (AvgIpc) is 2.37. The number of benzene rings is 1. The lowest BCUT2D eigenvalue weighted by molar-refractivity contribution is -0.144. The van der Waals surface area contributed by atoms with Gasteiger partial charge in [0, 0.05) is 41.3 Å². The molecule has 0 radical (unpaired) electrons. The monoisotopic (exact) mass is 316 g/mol. The molecule has 0 spiro atoms. The van der Waals surface area contributed by atoms with Crippen LogP contribution in [-0.2, 0) is 4.79 Å². The summed E-state index contributed by atoms with van der Waals surface area (Å²) in [6.45, 7) is 4.26. The molecule has 1 heterocycles. The number of hydrogen-bond donors (Lipinski definition) is 1. The minimum atomic E-state index is -0.920. The Labute approximate surface area is 128 Å². The Morgan fingerprint density at radius 1 is 1.35 bits per heavy atom. The Kier molecular flexibility index (Phi) is 4.91. The molecule has 0 bridgehead atoms. The zero-order valence-electron chi connectivity index (χ0n) is 11.5. The first-order chi connectivity index (χ1) is 9.41. The third kappa shape index (κ3) is 3.09. The van der Waals surface area contributed by atoms with Gasteiger partial charge < -0.3 is 10.0 Å². The zero-order valence-corrected chi connectivity index (χ0v) is 13.0. The van der Waals surface area contributed by atoms with Crippen molar-refractivity contribution in [2.24, 2.45) is 0 Å². The van der Waals surface area contributed by atoms with Gasteiger partial charge in [-0.3, -0.25) is 9.69 Å². The molecule has 2 unspecified atom stereocenters. The second kappa shape index (κ2) is 6.31. The maximum atomic E-state index is 11.7. The second-order valence-corrected chi connectivity index (χ2v) is 6.02. The first-order valence-electron chi connectivity index (χ1n) is 6.52. The van der Waals surface area contributed by atoms with Crippen molar-refractivity contribution in [2.45, 2.75) is 19.0 Å². The Bertz CT molecular complexity index is 490. The van der Waals surface area contributed by atoms with Gasteiger partial charge in [-0.05, 0) is 26.1 Å². The number of aliphatic carboxylic acids is 1. The molecule has 1 saturated heterocycles. The zero-order chi connectivity index (χ0) is 14.9. The van der Waals surface area contributed by atoms with Crippen LogP contribution in [0.15, 0.2) is 18.2 Å². The van der Waals surface area contributed by atoms with Crippen molar-refractivity contribution in [2.75, 3.05) is 26.7 Å². The summed E-state index contributed by atoms with van der Waals surface area (Å²) in [7, 11) is 2.04. The van der Waals surface area contributed by atoms with Crippen LogP contribution in [0.25, 0.3) is 0 Å². The minimum Gasteiger partial charge on any atom is -0.480 e. The van der Waals surface area contributed by atoms with Crippen LogP contribution in [0, 0.1) is 0 Å². The average molecular weight is 317 g/mol. The van der Waals surface area contributed by atoms with Crippen molar-refractivity contribution >= 4 is 29.2 Å². The van der Waals surface area contributed by atoms with E-state index in [2.05, 4.69) is 11.8 Å². The van der Waals surface area contributed by atoms with E-state index in [9.17, 15) is 9.90 Å². The summed E-state index contributed by atoms with van der Waals surface area (Å²) < 4.78 is 0. The predicted molar refractivity (Wildman–Crippen MR) is 80.5 cm³/mol. The number of piperazine rings is 1. The van der Waals surface area contributed by atoms with E-state index in [0.29, 0.717) is 34.7 Å². The van der Waals surface area contributed by atoms with E-state index in [0.717, 1.165) is 6.54 Å². The van der Waals surface area contributed by atoms with Gasteiger partial charge in [0.2, 0.25) is 0 Å². The molecular weight excluding hydrogens is 299 g/mol.